The quantitative estimate of drug-likeness (QED) is 0.658. The molecule has 0 aliphatic carbocycles. The Kier molecular flexibility index (Phi) is 5.10. The molecule has 1 unspecified atom stereocenters. The first-order valence-corrected chi connectivity index (χ1v) is 10.4. The second-order valence-corrected chi connectivity index (χ2v) is 7.72. The normalized spacial score (nSPS) is 19.5. The van der Waals surface area contributed by atoms with Gasteiger partial charge in [-0.1, -0.05) is 18.2 Å². The van der Waals surface area contributed by atoms with E-state index < -0.39 is 0 Å². The van der Waals surface area contributed by atoms with Crippen molar-refractivity contribution in [1.29, 1.82) is 0 Å². The molecule has 2 fully saturated rings. The highest BCUT2D eigenvalue weighted by Crippen LogP contribution is 2.25. The number of ether oxygens (including phenoxy) is 2. The maximum atomic E-state index is 13.3. The Labute approximate surface area is 174 Å². The van der Waals surface area contributed by atoms with Gasteiger partial charge in [0.15, 0.2) is 0 Å². The molecule has 1 amide bonds. The summed E-state index contributed by atoms with van der Waals surface area (Å²) in [5, 5.41) is 4.55. The van der Waals surface area contributed by atoms with Crippen LogP contribution < -0.4 is 5.56 Å². The zero-order valence-corrected chi connectivity index (χ0v) is 16.7. The number of pyridine rings is 1. The van der Waals surface area contributed by atoms with Gasteiger partial charge in [-0.25, -0.2) is 0 Å². The average Bonchev–Trinajstić information content (AvgIpc) is 3.42. The number of morpholine rings is 1. The number of amides is 1. The number of rotatable bonds is 4. The Balaban J connectivity index is 1.61. The van der Waals surface area contributed by atoms with E-state index in [1.54, 1.807) is 11.1 Å². The number of aromatic nitrogens is 3. The topological polar surface area (TPSA) is 78.6 Å². The Hall–Kier alpha value is -2.97. The largest absolute Gasteiger partial charge is 0.378 e. The summed E-state index contributed by atoms with van der Waals surface area (Å²) >= 11 is 0. The van der Waals surface area contributed by atoms with Gasteiger partial charge in [-0.2, -0.15) is 9.78 Å². The van der Waals surface area contributed by atoms with Crippen LogP contribution >= 0.6 is 0 Å². The van der Waals surface area contributed by atoms with Gasteiger partial charge in [-0.3, -0.25) is 9.59 Å². The molecule has 156 valence electrons. The van der Waals surface area contributed by atoms with Gasteiger partial charge in [0.2, 0.25) is 0 Å². The summed E-state index contributed by atoms with van der Waals surface area (Å²) in [5.41, 5.74) is 1.77. The lowest BCUT2D eigenvalue weighted by molar-refractivity contribution is 0.0302. The molecule has 0 aromatic heterocycles. The van der Waals surface area contributed by atoms with Gasteiger partial charge in [0, 0.05) is 38.6 Å². The van der Waals surface area contributed by atoms with Gasteiger partial charge < -0.3 is 18.9 Å². The maximum absolute atomic E-state index is 13.3. The molecule has 0 spiro atoms. The highest BCUT2D eigenvalue weighted by atomic mass is 16.5. The van der Waals surface area contributed by atoms with Gasteiger partial charge in [-0.15, -0.1) is 0 Å². The van der Waals surface area contributed by atoms with Crippen LogP contribution in [0.5, 0.6) is 0 Å². The second kappa shape index (κ2) is 8.04. The summed E-state index contributed by atoms with van der Waals surface area (Å²) in [6, 6.07) is 9.27. The summed E-state index contributed by atoms with van der Waals surface area (Å²) in [6.07, 6.45) is 5.71. The van der Waals surface area contributed by atoms with Crippen molar-refractivity contribution < 1.29 is 14.3 Å². The van der Waals surface area contributed by atoms with Crippen molar-refractivity contribution in [2.24, 2.45) is 0 Å². The minimum atomic E-state index is -0.228. The van der Waals surface area contributed by atoms with Crippen LogP contribution in [-0.4, -0.2) is 64.2 Å². The molecule has 1 aromatic rings. The molecular formula is C22H24N4O4. The highest BCUT2D eigenvalue weighted by molar-refractivity contribution is 6.00. The molecule has 8 heteroatoms. The number of nitrogens with zero attached hydrogens (tertiary/aromatic N) is 4. The number of benzene rings is 1. The summed E-state index contributed by atoms with van der Waals surface area (Å²) in [4.78, 5) is 28.3. The van der Waals surface area contributed by atoms with E-state index in [2.05, 4.69) is 5.10 Å². The summed E-state index contributed by atoms with van der Waals surface area (Å²) in [6.45, 7) is 3.46. The number of para-hydroxylation sites is 1. The fourth-order valence-corrected chi connectivity index (χ4v) is 4.13. The molecule has 4 aliphatic heterocycles. The van der Waals surface area contributed by atoms with Crippen molar-refractivity contribution in [2.75, 3.05) is 32.9 Å². The standard InChI is InChI=1S/C22H24N4O4/c27-21(25-8-11-29-12-9-25)18-14-24(13-17-7-4-10-30-17)15-19-20(18)23-26(22(19)28)16-5-2-1-3-6-16/h1-3,5-6,14-15,17H,4,7-13H2. The van der Waals surface area contributed by atoms with E-state index in [4.69, 9.17) is 9.47 Å². The molecule has 1 aromatic carbocycles. The molecule has 0 bridgehead atoms. The Morgan fingerprint density at radius 2 is 1.90 bits per heavy atom. The number of hydrogen-bond donors (Lipinski definition) is 0. The highest BCUT2D eigenvalue weighted by Gasteiger charge is 2.28. The van der Waals surface area contributed by atoms with Crippen molar-refractivity contribution in [3.05, 3.63) is 58.6 Å². The van der Waals surface area contributed by atoms with E-state index in [1.165, 1.54) is 4.68 Å². The van der Waals surface area contributed by atoms with Gasteiger partial charge in [0.1, 0.15) is 5.69 Å². The monoisotopic (exact) mass is 408 g/mol. The molecule has 8 nitrogen and oxygen atoms in total. The van der Waals surface area contributed by atoms with E-state index in [9.17, 15) is 9.59 Å². The molecular weight excluding hydrogens is 384 g/mol. The third-order valence-electron chi connectivity index (χ3n) is 5.69. The average molecular weight is 408 g/mol. The van der Waals surface area contributed by atoms with E-state index >= 15 is 0 Å². The van der Waals surface area contributed by atoms with E-state index in [0.717, 1.165) is 19.4 Å². The first-order valence-electron chi connectivity index (χ1n) is 10.4. The van der Waals surface area contributed by atoms with Gasteiger partial charge in [0.25, 0.3) is 11.5 Å². The van der Waals surface area contributed by atoms with Gasteiger partial charge >= 0.3 is 0 Å². The van der Waals surface area contributed by atoms with Crippen LogP contribution in [0.25, 0.3) is 16.9 Å². The molecule has 0 saturated carbocycles. The first-order chi connectivity index (χ1) is 14.7. The minimum absolute atomic E-state index is 0.0954. The lowest BCUT2D eigenvalue weighted by Gasteiger charge is -2.27. The van der Waals surface area contributed by atoms with Crippen LogP contribution in [0.1, 0.15) is 23.2 Å². The number of carbonyl (C=O) groups is 1. The first kappa shape index (κ1) is 19.0. The predicted molar refractivity (Wildman–Crippen MR) is 110 cm³/mol. The second-order valence-electron chi connectivity index (χ2n) is 7.72. The zero-order valence-electron chi connectivity index (χ0n) is 16.7. The number of fused-ring (bicyclic) bond motifs is 1. The fourth-order valence-electron chi connectivity index (χ4n) is 4.13. The zero-order chi connectivity index (χ0) is 20.5. The van der Waals surface area contributed by atoms with Crippen LogP contribution in [0.4, 0.5) is 0 Å². The van der Waals surface area contributed by atoms with Crippen LogP contribution in [0.3, 0.4) is 0 Å². The van der Waals surface area contributed by atoms with Crippen molar-refractivity contribution >= 4 is 5.91 Å². The fraction of sp³-hybridized carbons (Fsp3) is 0.409. The van der Waals surface area contributed by atoms with Crippen molar-refractivity contribution in [1.82, 2.24) is 19.2 Å². The molecule has 1 atom stereocenters. The molecule has 4 aliphatic rings. The van der Waals surface area contributed by atoms with Crippen LogP contribution in [0, 0.1) is 0 Å². The molecule has 30 heavy (non-hydrogen) atoms. The number of hydrogen-bond acceptors (Lipinski definition) is 5. The van der Waals surface area contributed by atoms with Gasteiger partial charge in [-0.05, 0) is 25.0 Å². The molecule has 4 heterocycles. The molecule has 0 radical (unpaired) electrons. The molecule has 5 rings (SSSR count). The lowest BCUT2D eigenvalue weighted by atomic mass is 10.1. The summed E-state index contributed by atoms with van der Waals surface area (Å²) in [7, 11) is 0. The van der Waals surface area contributed by atoms with Crippen LogP contribution in [-0.2, 0) is 16.0 Å². The van der Waals surface area contributed by atoms with Gasteiger partial charge in [0.05, 0.1) is 36.1 Å². The number of carbonyl (C=O) groups excluding carboxylic acids is 1. The lowest BCUT2D eigenvalue weighted by Crippen LogP contribution is -2.41. The van der Waals surface area contributed by atoms with E-state index in [1.807, 2.05) is 41.1 Å². The van der Waals surface area contributed by atoms with Crippen molar-refractivity contribution in [2.45, 2.75) is 25.5 Å². The Morgan fingerprint density at radius 1 is 1.10 bits per heavy atom. The van der Waals surface area contributed by atoms with Crippen molar-refractivity contribution in [3.63, 3.8) is 0 Å². The smallest absolute Gasteiger partial charge is 0.282 e. The van der Waals surface area contributed by atoms with Crippen LogP contribution in [0.2, 0.25) is 0 Å². The summed E-state index contributed by atoms with van der Waals surface area (Å²) < 4.78 is 14.4. The third kappa shape index (κ3) is 3.53. The Morgan fingerprint density at radius 3 is 2.63 bits per heavy atom. The molecule has 0 N–H and O–H groups in total. The third-order valence-corrected chi connectivity index (χ3v) is 5.69. The SMILES string of the molecule is O=C(c1cn(CC2CCCO2)cc2c(=O)n(-c3ccccc3)nc1-2)N1CCOCC1. The minimum Gasteiger partial charge on any atom is -0.378 e. The Bertz CT molecular complexity index is 1060. The molecule has 2 saturated heterocycles. The predicted octanol–water partition coefficient (Wildman–Crippen LogP) is 1.79. The maximum Gasteiger partial charge on any atom is 0.282 e. The van der Waals surface area contributed by atoms with Crippen LogP contribution in [0.15, 0.2) is 47.5 Å². The van der Waals surface area contributed by atoms with E-state index in [0.29, 0.717) is 55.4 Å². The van der Waals surface area contributed by atoms with Crippen molar-refractivity contribution in [3.8, 4) is 16.9 Å². The summed E-state index contributed by atoms with van der Waals surface area (Å²) in [5.74, 6) is -0.122. The van der Waals surface area contributed by atoms with E-state index in [-0.39, 0.29) is 17.6 Å².